The molecule has 0 spiro atoms. The molecule has 0 heterocycles. The summed E-state index contributed by atoms with van der Waals surface area (Å²) in [5.41, 5.74) is -1.02. The van der Waals surface area contributed by atoms with E-state index in [1.54, 1.807) is 0 Å². The van der Waals surface area contributed by atoms with Gasteiger partial charge in [0.25, 0.3) is 6.43 Å². The van der Waals surface area contributed by atoms with Gasteiger partial charge in [-0.1, -0.05) is 0 Å². The molecule has 78 valence electrons. The molecule has 0 aromatic heterocycles. The average Bonchev–Trinajstić information content (AvgIpc) is 2.11. The predicted molar refractivity (Wildman–Crippen MR) is 37.9 cm³/mol. The average molecular weight is 212 g/mol. The smallest absolute Gasteiger partial charge is 0.266 e. The number of hydrogen-bond acceptors (Lipinski definition) is 1. The standard InChI is InChI=1S/C8H5F5O/c9-3-14-7-5(10)2-1-4(6(7)11)8(12)13/h1-2,8H,3H2. The van der Waals surface area contributed by atoms with Crippen LogP contribution < -0.4 is 4.74 Å². The van der Waals surface area contributed by atoms with Crippen molar-refractivity contribution in [3.05, 3.63) is 29.3 Å². The van der Waals surface area contributed by atoms with Crippen molar-refractivity contribution in [1.29, 1.82) is 0 Å². The lowest BCUT2D eigenvalue weighted by Crippen LogP contribution is -2.01. The van der Waals surface area contributed by atoms with Gasteiger partial charge in [-0.25, -0.2) is 22.0 Å². The molecule has 0 atom stereocenters. The molecule has 14 heavy (non-hydrogen) atoms. The Hall–Kier alpha value is -1.33. The fraction of sp³-hybridized carbons (Fsp3) is 0.250. The summed E-state index contributed by atoms with van der Waals surface area (Å²) in [6.45, 7) is -1.49. The van der Waals surface area contributed by atoms with Gasteiger partial charge in [0.05, 0.1) is 5.56 Å². The number of rotatable bonds is 3. The highest BCUT2D eigenvalue weighted by Crippen LogP contribution is 2.30. The van der Waals surface area contributed by atoms with Gasteiger partial charge < -0.3 is 4.74 Å². The van der Waals surface area contributed by atoms with Crippen molar-refractivity contribution in [3.8, 4) is 5.75 Å². The van der Waals surface area contributed by atoms with E-state index in [4.69, 9.17) is 0 Å². The highest BCUT2D eigenvalue weighted by molar-refractivity contribution is 5.33. The molecule has 0 bridgehead atoms. The molecule has 0 saturated carbocycles. The van der Waals surface area contributed by atoms with Crippen LogP contribution in [0.5, 0.6) is 5.75 Å². The molecule has 0 aliphatic heterocycles. The summed E-state index contributed by atoms with van der Waals surface area (Å²) in [5.74, 6) is -3.91. The maximum atomic E-state index is 13.0. The second-order valence-corrected chi connectivity index (χ2v) is 2.33. The third-order valence-corrected chi connectivity index (χ3v) is 1.51. The van der Waals surface area contributed by atoms with Gasteiger partial charge in [0.1, 0.15) is 0 Å². The van der Waals surface area contributed by atoms with Gasteiger partial charge in [-0.15, -0.1) is 0 Å². The number of halogens is 5. The Morgan fingerprint density at radius 1 is 1.21 bits per heavy atom. The number of ether oxygens (including phenoxy) is 1. The molecule has 1 nitrogen and oxygen atoms in total. The van der Waals surface area contributed by atoms with Gasteiger partial charge in [0, 0.05) is 0 Å². The van der Waals surface area contributed by atoms with Gasteiger partial charge in [0.15, 0.2) is 17.4 Å². The van der Waals surface area contributed by atoms with Crippen LogP contribution in [0.2, 0.25) is 0 Å². The van der Waals surface area contributed by atoms with E-state index in [-0.39, 0.29) is 0 Å². The molecule has 0 N–H and O–H groups in total. The van der Waals surface area contributed by atoms with Crippen LogP contribution in [-0.4, -0.2) is 6.86 Å². The van der Waals surface area contributed by atoms with E-state index in [9.17, 15) is 22.0 Å². The summed E-state index contributed by atoms with van der Waals surface area (Å²) >= 11 is 0. The monoisotopic (exact) mass is 212 g/mol. The SMILES string of the molecule is FCOc1c(F)ccc(C(F)F)c1F. The number of hydrogen-bond donors (Lipinski definition) is 0. The van der Waals surface area contributed by atoms with E-state index in [1.165, 1.54) is 0 Å². The Kier molecular flexibility index (Phi) is 3.27. The van der Waals surface area contributed by atoms with Gasteiger partial charge in [-0.3, -0.25) is 0 Å². The van der Waals surface area contributed by atoms with Crippen molar-refractivity contribution >= 4 is 0 Å². The minimum absolute atomic E-state index is 0.584. The van der Waals surface area contributed by atoms with Crippen LogP contribution in [0.25, 0.3) is 0 Å². The van der Waals surface area contributed by atoms with E-state index in [0.29, 0.717) is 12.1 Å². The van der Waals surface area contributed by atoms with Crippen LogP contribution in [0.4, 0.5) is 22.0 Å². The van der Waals surface area contributed by atoms with E-state index < -0.39 is 36.2 Å². The normalized spacial score (nSPS) is 10.7. The lowest BCUT2D eigenvalue weighted by atomic mass is 10.2. The highest BCUT2D eigenvalue weighted by atomic mass is 19.3. The molecule has 1 rings (SSSR count). The Morgan fingerprint density at radius 3 is 2.36 bits per heavy atom. The summed E-state index contributed by atoms with van der Waals surface area (Å²) in [6.07, 6.45) is -3.10. The fourth-order valence-electron chi connectivity index (χ4n) is 0.903. The zero-order valence-corrected chi connectivity index (χ0v) is 6.74. The van der Waals surface area contributed by atoms with Gasteiger partial charge in [-0.05, 0) is 12.1 Å². The zero-order valence-electron chi connectivity index (χ0n) is 6.74. The largest absolute Gasteiger partial charge is 0.457 e. The van der Waals surface area contributed by atoms with E-state index in [0.717, 1.165) is 0 Å². The molecule has 1 aromatic carbocycles. The topological polar surface area (TPSA) is 9.23 Å². The van der Waals surface area contributed by atoms with E-state index in [1.807, 2.05) is 0 Å². The second-order valence-electron chi connectivity index (χ2n) is 2.33. The molecular formula is C8H5F5O. The predicted octanol–water partition coefficient (Wildman–Crippen LogP) is 3.21. The Morgan fingerprint density at radius 2 is 1.86 bits per heavy atom. The third-order valence-electron chi connectivity index (χ3n) is 1.51. The van der Waals surface area contributed by atoms with Crippen LogP contribution >= 0.6 is 0 Å². The summed E-state index contributed by atoms with van der Waals surface area (Å²) in [6, 6.07) is 1.18. The van der Waals surface area contributed by atoms with Crippen LogP contribution in [-0.2, 0) is 0 Å². The van der Waals surface area contributed by atoms with E-state index >= 15 is 0 Å². The van der Waals surface area contributed by atoms with Crippen molar-refractivity contribution < 1.29 is 26.7 Å². The summed E-state index contributed by atoms with van der Waals surface area (Å²) < 4.78 is 65.3. The van der Waals surface area contributed by atoms with Crippen LogP contribution in [0.15, 0.2) is 12.1 Å². The van der Waals surface area contributed by atoms with Gasteiger partial charge in [0.2, 0.25) is 6.86 Å². The summed E-state index contributed by atoms with van der Waals surface area (Å²) in [5, 5.41) is 0. The summed E-state index contributed by atoms with van der Waals surface area (Å²) in [7, 11) is 0. The minimum Gasteiger partial charge on any atom is -0.457 e. The van der Waals surface area contributed by atoms with Crippen molar-refractivity contribution in [2.75, 3.05) is 6.86 Å². The quantitative estimate of drug-likeness (QED) is 0.699. The molecule has 0 aliphatic carbocycles. The molecular weight excluding hydrogens is 207 g/mol. The Bertz CT molecular complexity index is 326. The molecule has 1 aromatic rings. The number of alkyl halides is 3. The molecule has 0 fully saturated rings. The molecule has 0 unspecified atom stereocenters. The summed E-state index contributed by atoms with van der Waals surface area (Å²) in [4.78, 5) is 0. The third kappa shape index (κ3) is 1.94. The Labute approximate surface area is 76.1 Å². The van der Waals surface area contributed by atoms with Gasteiger partial charge in [-0.2, -0.15) is 0 Å². The second kappa shape index (κ2) is 4.26. The van der Waals surface area contributed by atoms with Crippen LogP contribution in [0.1, 0.15) is 12.0 Å². The van der Waals surface area contributed by atoms with Crippen LogP contribution in [0.3, 0.4) is 0 Å². The maximum absolute atomic E-state index is 13.0. The first-order valence-electron chi connectivity index (χ1n) is 3.52. The Balaban J connectivity index is 3.19. The molecule has 6 heteroatoms. The fourth-order valence-corrected chi connectivity index (χ4v) is 0.903. The molecule has 0 radical (unpaired) electrons. The lowest BCUT2D eigenvalue weighted by Gasteiger charge is -2.07. The molecule has 0 amide bonds. The van der Waals surface area contributed by atoms with Crippen molar-refractivity contribution in [2.45, 2.75) is 6.43 Å². The van der Waals surface area contributed by atoms with Crippen molar-refractivity contribution in [1.82, 2.24) is 0 Å². The van der Waals surface area contributed by atoms with Crippen molar-refractivity contribution in [2.24, 2.45) is 0 Å². The zero-order chi connectivity index (χ0) is 10.7. The molecule has 0 saturated heterocycles. The lowest BCUT2D eigenvalue weighted by molar-refractivity contribution is 0.140. The minimum atomic E-state index is -3.10. The van der Waals surface area contributed by atoms with Crippen molar-refractivity contribution in [3.63, 3.8) is 0 Å². The molecule has 0 aliphatic rings. The first-order chi connectivity index (χ1) is 6.57. The number of benzene rings is 1. The first kappa shape index (κ1) is 10.7. The van der Waals surface area contributed by atoms with Crippen LogP contribution in [0, 0.1) is 11.6 Å². The van der Waals surface area contributed by atoms with Gasteiger partial charge >= 0.3 is 0 Å². The first-order valence-corrected chi connectivity index (χ1v) is 3.52. The maximum Gasteiger partial charge on any atom is 0.266 e. The van der Waals surface area contributed by atoms with E-state index in [2.05, 4.69) is 4.74 Å². The highest BCUT2D eigenvalue weighted by Gasteiger charge is 2.20.